The number of hydrogen-bond acceptors (Lipinski definition) is 4. The monoisotopic (exact) mass is 272 g/mol. The molecule has 1 aliphatic heterocycles. The fraction of sp³-hybridized carbons (Fsp3) is 0.500. The van der Waals surface area contributed by atoms with Gasteiger partial charge in [0.2, 0.25) is 0 Å². The molecule has 3 nitrogen and oxygen atoms in total. The Hall–Kier alpha value is -0.730. The van der Waals surface area contributed by atoms with Gasteiger partial charge in [0.15, 0.2) is 11.5 Å². The molecule has 1 aliphatic rings. The minimum Gasteiger partial charge on any atom is -0.491 e. The third kappa shape index (κ3) is 2.58. The lowest BCUT2D eigenvalue weighted by atomic mass is 10.3. The molecule has 1 atom stereocenters. The van der Waals surface area contributed by atoms with Crippen molar-refractivity contribution in [1.29, 1.82) is 0 Å². The highest BCUT2D eigenvalue weighted by molar-refractivity contribution is 8.10. The first-order chi connectivity index (χ1) is 7.90. The Labute approximate surface area is 107 Å². The van der Waals surface area contributed by atoms with E-state index in [9.17, 15) is 0 Å². The summed E-state index contributed by atoms with van der Waals surface area (Å²) >= 11 is 5.45. The highest BCUT2D eigenvalue weighted by Gasteiger charge is 2.35. The van der Waals surface area contributed by atoms with Crippen LogP contribution in [-0.2, 0) is 11.8 Å². The molecule has 5 heteroatoms. The van der Waals surface area contributed by atoms with Gasteiger partial charge in [0.1, 0.15) is 5.75 Å². The molecule has 0 amide bonds. The van der Waals surface area contributed by atoms with Crippen molar-refractivity contribution in [2.24, 2.45) is 0 Å². The van der Waals surface area contributed by atoms with Gasteiger partial charge in [0.05, 0.1) is 11.8 Å². The van der Waals surface area contributed by atoms with Gasteiger partial charge in [-0.2, -0.15) is 0 Å². The van der Waals surface area contributed by atoms with Crippen molar-refractivity contribution in [3.05, 3.63) is 18.2 Å². The molecule has 2 rings (SSSR count). The molecule has 0 fully saturated rings. The van der Waals surface area contributed by atoms with E-state index in [1.54, 1.807) is 0 Å². The molecule has 0 bridgehead atoms. The Balaban J connectivity index is 2.25. The van der Waals surface area contributed by atoms with Crippen LogP contribution in [0.5, 0.6) is 17.2 Å². The Morgan fingerprint density at radius 1 is 1.12 bits per heavy atom. The largest absolute Gasteiger partial charge is 0.491 e. The first-order valence-corrected chi connectivity index (χ1v) is 8.41. The van der Waals surface area contributed by atoms with E-state index in [0.29, 0.717) is 5.75 Å². The van der Waals surface area contributed by atoms with Crippen LogP contribution in [0, 0.1) is 0 Å². The molecular formula is C12H17O3PS. The highest BCUT2D eigenvalue weighted by atomic mass is 32.5. The van der Waals surface area contributed by atoms with Crippen molar-refractivity contribution in [2.75, 3.05) is 0 Å². The van der Waals surface area contributed by atoms with Crippen molar-refractivity contribution in [1.82, 2.24) is 0 Å². The van der Waals surface area contributed by atoms with Crippen LogP contribution in [0.25, 0.3) is 0 Å². The minimum absolute atomic E-state index is 0.142. The van der Waals surface area contributed by atoms with Crippen molar-refractivity contribution in [3.63, 3.8) is 0 Å². The van der Waals surface area contributed by atoms with Gasteiger partial charge in [0.25, 0.3) is 6.49 Å². The maximum absolute atomic E-state index is 5.80. The summed E-state index contributed by atoms with van der Waals surface area (Å²) in [6.45, 7) is 5.83. The van der Waals surface area contributed by atoms with E-state index in [-0.39, 0.29) is 11.8 Å². The number of fused-ring (bicyclic) bond motifs is 1. The van der Waals surface area contributed by atoms with Gasteiger partial charge in [-0.3, -0.25) is 0 Å². The van der Waals surface area contributed by atoms with E-state index in [0.717, 1.165) is 11.5 Å². The summed E-state index contributed by atoms with van der Waals surface area (Å²) < 4.78 is 17.2. The minimum atomic E-state index is -2.20. The maximum Gasteiger partial charge on any atom is 0.290 e. The lowest BCUT2D eigenvalue weighted by Gasteiger charge is -2.17. The van der Waals surface area contributed by atoms with E-state index >= 15 is 0 Å². The van der Waals surface area contributed by atoms with Crippen LogP contribution < -0.4 is 13.8 Å². The number of benzene rings is 1. The van der Waals surface area contributed by atoms with E-state index in [4.69, 9.17) is 25.6 Å². The molecule has 1 aromatic carbocycles. The molecule has 0 radical (unpaired) electrons. The van der Waals surface area contributed by atoms with E-state index < -0.39 is 6.49 Å². The van der Waals surface area contributed by atoms with Gasteiger partial charge in [-0.25, -0.2) is 0 Å². The molecule has 0 saturated heterocycles. The zero-order valence-electron chi connectivity index (χ0n) is 10.5. The van der Waals surface area contributed by atoms with Crippen molar-refractivity contribution >= 4 is 18.3 Å². The molecule has 0 aromatic heterocycles. The van der Waals surface area contributed by atoms with E-state index in [1.807, 2.05) is 45.9 Å². The van der Waals surface area contributed by atoms with Gasteiger partial charge in [-0.1, -0.05) is 13.8 Å². The standard InChI is InChI=1S/C12H17O3PS/c1-8(2)13-10-5-6-11-12(7-10)15-16(17,14-11)9(3)4/h5-9H,1-4H3. The Bertz CT molecular complexity index is 471. The Kier molecular flexibility index (Phi) is 3.37. The summed E-state index contributed by atoms with van der Waals surface area (Å²) in [7, 11) is 0. The fourth-order valence-electron chi connectivity index (χ4n) is 1.48. The lowest BCUT2D eigenvalue weighted by Crippen LogP contribution is -2.05. The molecule has 1 heterocycles. The van der Waals surface area contributed by atoms with Crippen LogP contribution in [-0.4, -0.2) is 11.8 Å². The maximum atomic E-state index is 5.80. The number of ether oxygens (including phenoxy) is 1. The highest BCUT2D eigenvalue weighted by Crippen LogP contribution is 2.61. The van der Waals surface area contributed by atoms with E-state index in [2.05, 4.69) is 0 Å². The molecule has 17 heavy (non-hydrogen) atoms. The Morgan fingerprint density at radius 3 is 2.35 bits per heavy atom. The molecule has 0 N–H and O–H groups in total. The smallest absolute Gasteiger partial charge is 0.290 e. The van der Waals surface area contributed by atoms with Gasteiger partial charge in [-0.05, 0) is 37.8 Å². The predicted octanol–water partition coefficient (Wildman–Crippen LogP) is 3.96. The van der Waals surface area contributed by atoms with Crippen molar-refractivity contribution in [2.45, 2.75) is 39.5 Å². The number of rotatable bonds is 3. The van der Waals surface area contributed by atoms with Crippen LogP contribution in [0.1, 0.15) is 27.7 Å². The second kappa shape index (κ2) is 4.51. The summed E-state index contributed by atoms with van der Waals surface area (Å²) in [4.78, 5) is 0. The zero-order chi connectivity index (χ0) is 12.6. The summed E-state index contributed by atoms with van der Waals surface area (Å²) in [6.07, 6.45) is 0.142. The summed E-state index contributed by atoms with van der Waals surface area (Å²) in [6, 6.07) is 5.60. The molecule has 0 spiro atoms. The van der Waals surface area contributed by atoms with E-state index in [1.165, 1.54) is 0 Å². The summed E-state index contributed by atoms with van der Waals surface area (Å²) in [5.74, 6) is 2.23. The van der Waals surface area contributed by atoms with Crippen LogP contribution in [0.3, 0.4) is 0 Å². The van der Waals surface area contributed by atoms with Gasteiger partial charge < -0.3 is 13.8 Å². The average molecular weight is 272 g/mol. The molecule has 94 valence electrons. The average Bonchev–Trinajstić information content (AvgIpc) is 2.54. The molecule has 1 unspecified atom stereocenters. The van der Waals surface area contributed by atoms with Gasteiger partial charge in [0, 0.05) is 6.07 Å². The molecule has 0 saturated carbocycles. The first kappa shape index (κ1) is 12.7. The van der Waals surface area contributed by atoms with Crippen molar-refractivity contribution in [3.8, 4) is 17.2 Å². The molecule has 0 aliphatic carbocycles. The molecular weight excluding hydrogens is 255 g/mol. The topological polar surface area (TPSA) is 27.7 Å². The number of hydrogen-bond donors (Lipinski definition) is 0. The summed E-state index contributed by atoms with van der Waals surface area (Å²) in [5.41, 5.74) is 0.208. The lowest BCUT2D eigenvalue weighted by molar-refractivity contribution is 0.242. The van der Waals surface area contributed by atoms with Crippen LogP contribution >= 0.6 is 6.49 Å². The normalized spacial score (nSPS) is 22.2. The van der Waals surface area contributed by atoms with Crippen molar-refractivity contribution < 1.29 is 13.8 Å². The third-order valence-corrected chi connectivity index (χ3v) is 6.25. The van der Waals surface area contributed by atoms with Crippen LogP contribution in [0.4, 0.5) is 0 Å². The van der Waals surface area contributed by atoms with Crippen LogP contribution in [0.2, 0.25) is 0 Å². The first-order valence-electron chi connectivity index (χ1n) is 5.70. The summed E-state index contributed by atoms with van der Waals surface area (Å²) in [5, 5.41) is 0. The SMILES string of the molecule is CC(C)Oc1ccc2c(c1)OP(=S)(C(C)C)O2. The van der Waals surface area contributed by atoms with Crippen LogP contribution in [0.15, 0.2) is 18.2 Å². The third-order valence-electron chi connectivity index (χ3n) is 2.37. The van der Waals surface area contributed by atoms with Gasteiger partial charge >= 0.3 is 0 Å². The predicted molar refractivity (Wildman–Crippen MR) is 72.9 cm³/mol. The Morgan fingerprint density at radius 2 is 1.76 bits per heavy atom. The fourth-order valence-corrected chi connectivity index (χ4v) is 3.27. The second-order valence-electron chi connectivity index (χ2n) is 4.59. The quantitative estimate of drug-likeness (QED) is 0.778. The van der Waals surface area contributed by atoms with Gasteiger partial charge in [-0.15, -0.1) is 0 Å². The molecule has 1 aromatic rings. The second-order valence-corrected chi connectivity index (χ2v) is 8.60. The zero-order valence-corrected chi connectivity index (χ0v) is 12.2.